The summed E-state index contributed by atoms with van der Waals surface area (Å²) in [5.41, 5.74) is 0.429. The lowest BCUT2D eigenvalue weighted by molar-refractivity contribution is 0.0897. The van der Waals surface area contributed by atoms with E-state index in [4.69, 9.17) is 9.47 Å². The van der Waals surface area contributed by atoms with Gasteiger partial charge in [0.1, 0.15) is 5.56 Å². The van der Waals surface area contributed by atoms with Crippen LogP contribution in [0, 0.1) is 0 Å². The number of thiophene rings is 1. The minimum Gasteiger partial charge on any atom is -0.481 e. The number of piperidine rings is 1. The molecule has 1 fully saturated rings. The molecule has 134 valence electrons. The summed E-state index contributed by atoms with van der Waals surface area (Å²) in [6, 6.07) is 7.72. The van der Waals surface area contributed by atoms with Gasteiger partial charge in [-0.25, -0.2) is 0 Å². The Bertz CT molecular complexity index is 706. The van der Waals surface area contributed by atoms with E-state index >= 15 is 0 Å². The van der Waals surface area contributed by atoms with Gasteiger partial charge < -0.3 is 14.8 Å². The lowest BCUT2D eigenvalue weighted by Gasteiger charge is -2.32. The van der Waals surface area contributed by atoms with Gasteiger partial charge in [0, 0.05) is 30.1 Å². The number of aromatic nitrogens is 1. The maximum Gasteiger partial charge on any atom is 0.257 e. The molecule has 1 atom stereocenters. The Morgan fingerprint density at radius 2 is 2.24 bits per heavy atom. The highest BCUT2D eigenvalue weighted by Gasteiger charge is 2.24. The number of nitrogens with one attached hydrogen (secondary N) is 1. The summed E-state index contributed by atoms with van der Waals surface area (Å²) in [6.45, 7) is 2.87. The van der Waals surface area contributed by atoms with Crippen LogP contribution in [0.3, 0.4) is 0 Å². The van der Waals surface area contributed by atoms with E-state index in [1.54, 1.807) is 23.5 Å². The van der Waals surface area contributed by atoms with Gasteiger partial charge in [0.05, 0.1) is 14.2 Å². The maximum atomic E-state index is 12.6. The molecule has 1 aliphatic heterocycles. The molecule has 1 saturated heterocycles. The van der Waals surface area contributed by atoms with Gasteiger partial charge >= 0.3 is 0 Å². The van der Waals surface area contributed by atoms with Crippen molar-refractivity contribution in [2.75, 3.05) is 27.3 Å². The van der Waals surface area contributed by atoms with Crippen molar-refractivity contribution in [3.05, 3.63) is 40.1 Å². The normalized spacial score (nSPS) is 17.9. The molecule has 0 aromatic carbocycles. The van der Waals surface area contributed by atoms with Crippen molar-refractivity contribution >= 4 is 17.2 Å². The summed E-state index contributed by atoms with van der Waals surface area (Å²) in [5, 5.41) is 5.22. The first-order valence-electron chi connectivity index (χ1n) is 8.34. The van der Waals surface area contributed by atoms with Crippen molar-refractivity contribution in [2.45, 2.75) is 25.4 Å². The van der Waals surface area contributed by atoms with Gasteiger partial charge in [0.25, 0.3) is 5.91 Å². The van der Waals surface area contributed by atoms with Crippen LogP contribution < -0.4 is 14.8 Å². The van der Waals surface area contributed by atoms with Crippen molar-refractivity contribution in [3.8, 4) is 11.8 Å². The number of rotatable bonds is 6. The van der Waals surface area contributed by atoms with Crippen LogP contribution in [0.4, 0.5) is 0 Å². The minimum atomic E-state index is -0.157. The fourth-order valence-electron chi connectivity index (χ4n) is 3.07. The van der Waals surface area contributed by atoms with Crippen LogP contribution in [-0.2, 0) is 6.54 Å². The van der Waals surface area contributed by atoms with Gasteiger partial charge in [0.2, 0.25) is 11.8 Å². The number of nitrogens with zero attached hydrogens (tertiary/aromatic N) is 2. The molecule has 25 heavy (non-hydrogen) atoms. The number of hydrogen-bond donors (Lipinski definition) is 1. The molecule has 6 nitrogen and oxygen atoms in total. The zero-order valence-corrected chi connectivity index (χ0v) is 15.3. The van der Waals surface area contributed by atoms with E-state index < -0.39 is 0 Å². The summed E-state index contributed by atoms with van der Waals surface area (Å²) in [7, 11) is 3.04. The summed E-state index contributed by atoms with van der Waals surface area (Å²) in [5.74, 6) is 0.547. The van der Waals surface area contributed by atoms with Crippen LogP contribution in [0.15, 0.2) is 29.6 Å². The van der Waals surface area contributed by atoms with Gasteiger partial charge in [-0.05, 0) is 36.9 Å². The lowest BCUT2D eigenvalue weighted by atomic mass is 10.0. The van der Waals surface area contributed by atoms with Crippen LogP contribution in [0.1, 0.15) is 28.1 Å². The zero-order valence-electron chi connectivity index (χ0n) is 14.5. The molecule has 0 bridgehead atoms. The molecule has 1 unspecified atom stereocenters. The molecule has 1 amide bonds. The monoisotopic (exact) mass is 361 g/mol. The predicted octanol–water partition coefficient (Wildman–Crippen LogP) is 2.55. The third-order valence-electron chi connectivity index (χ3n) is 4.28. The number of hydrogen-bond acceptors (Lipinski definition) is 6. The Hall–Kier alpha value is -2.12. The Kier molecular flexibility index (Phi) is 5.88. The number of amides is 1. The SMILES string of the molecule is COc1ccc(C(=O)NC2CCCN(Cc3cccs3)C2)c(OC)n1. The molecule has 3 rings (SSSR count). The predicted molar refractivity (Wildman–Crippen MR) is 97.4 cm³/mol. The van der Waals surface area contributed by atoms with Gasteiger partial charge in [-0.15, -0.1) is 11.3 Å². The molecule has 0 aliphatic carbocycles. The molecule has 2 aromatic rings. The molecule has 0 saturated carbocycles. The number of likely N-dealkylation sites (tertiary alicyclic amines) is 1. The van der Waals surface area contributed by atoms with Crippen molar-refractivity contribution in [2.24, 2.45) is 0 Å². The minimum absolute atomic E-state index is 0.132. The van der Waals surface area contributed by atoms with E-state index in [-0.39, 0.29) is 17.8 Å². The standard InChI is InChI=1S/C18H23N3O3S/c1-23-16-8-7-15(18(20-16)24-2)17(22)19-13-5-3-9-21(11-13)12-14-6-4-10-25-14/h4,6-8,10,13H,3,5,9,11-12H2,1-2H3,(H,19,22). The second-order valence-corrected chi connectivity index (χ2v) is 7.07. The third kappa shape index (κ3) is 4.49. The quantitative estimate of drug-likeness (QED) is 0.857. The van der Waals surface area contributed by atoms with E-state index in [9.17, 15) is 4.79 Å². The first-order chi connectivity index (χ1) is 12.2. The van der Waals surface area contributed by atoms with Crippen LogP contribution in [-0.4, -0.2) is 49.1 Å². The molecule has 1 N–H and O–H groups in total. The molecular formula is C18H23N3O3S. The van der Waals surface area contributed by atoms with Gasteiger partial charge in [-0.2, -0.15) is 4.98 Å². The highest BCUT2D eigenvalue weighted by Crippen LogP contribution is 2.21. The smallest absolute Gasteiger partial charge is 0.257 e. The maximum absolute atomic E-state index is 12.6. The lowest BCUT2D eigenvalue weighted by Crippen LogP contribution is -2.47. The molecule has 0 spiro atoms. The summed E-state index contributed by atoms with van der Waals surface area (Å²) in [6.07, 6.45) is 2.06. The summed E-state index contributed by atoms with van der Waals surface area (Å²) in [4.78, 5) is 20.5. The van der Waals surface area contributed by atoms with Crippen LogP contribution in [0.2, 0.25) is 0 Å². The Morgan fingerprint density at radius 3 is 2.96 bits per heavy atom. The van der Waals surface area contributed by atoms with Crippen molar-refractivity contribution in [3.63, 3.8) is 0 Å². The van der Waals surface area contributed by atoms with Crippen LogP contribution in [0.25, 0.3) is 0 Å². The largest absolute Gasteiger partial charge is 0.481 e. The first kappa shape index (κ1) is 17.7. The second kappa shape index (κ2) is 8.31. The molecular weight excluding hydrogens is 338 g/mol. The molecule has 3 heterocycles. The molecule has 0 radical (unpaired) electrons. The fourth-order valence-corrected chi connectivity index (χ4v) is 3.81. The summed E-state index contributed by atoms with van der Waals surface area (Å²) >= 11 is 1.77. The fraction of sp³-hybridized carbons (Fsp3) is 0.444. The van der Waals surface area contributed by atoms with Gasteiger partial charge in [-0.1, -0.05) is 6.07 Å². The number of pyridine rings is 1. The van der Waals surface area contributed by atoms with E-state index in [0.717, 1.165) is 32.5 Å². The number of carbonyl (C=O) groups is 1. The zero-order chi connectivity index (χ0) is 17.6. The number of carbonyl (C=O) groups excluding carboxylic acids is 1. The average molecular weight is 361 g/mol. The van der Waals surface area contributed by atoms with E-state index in [1.165, 1.54) is 19.1 Å². The third-order valence-corrected chi connectivity index (χ3v) is 5.14. The van der Waals surface area contributed by atoms with Crippen LogP contribution in [0.5, 0.6) is 11.8 Å². The van der Waals surface area contributed by atoms with Gasteiger partial charge in [0.15, 0.2) is 0 Å². The van der Waals surface area contributed by atoms with Gasteiger partial charge in [-0.3, -0.25) is 9.69 Å². The Morgan fingerprint density at radius 1 is 1.36 bits per heavy atom. The molecule has 2 aromatic heterocycles. The first-order valence-corrected chi connectivity index (χ1v) is 9.22. The van der Waals surface area contributed by atoms with Crippen LogP contribution >= 0.6 is 11.3 Å². The highest BCUT2D eigenvalue weighted by atomic mass is 32.1. The topological polar surface area (TPSA) is 63.7 Å². The average Bonchev–Trinajstić information content (AvgIpc) is 3.14. The van der Waals surface area contributed by atoms with Crippen molar-refractivity contribution in [1.29, 1.82) is 0 Å². The van der Waals surface area contributed by atoms with Crippen molar-refractivity contribution < 1.29 is 14.3 Å². The second-order valence-electron chi connectivity index (χ2n) is 6.04. The highest BCUT2D eigenvalue weighted by molar-refractivity contribution is 7.09. The Labute approximate surface area is 151 Å². The summed E-state index contributed by atoms with van der Waals surface area (Å²) < 4.78 is 10.3. The van der Waals surface area contributed by atoms with Crippen molar-refractivity contribution in [1.82, 2.24) is 15.2 Å². The number of methoxy groups -OCH3 is 2. The Balaban J connectivity index is 1.62. The van der Waals surface area contributed by atoms with E-state index in [0.29, 0.717) is 11.4 Å². The van der Waals surface area contributed by atoms with E-state index in [1.807, 2.05) is 0 Å². The molecule has 1 aliphatic rings. The van der Waals surface area contributed by atoms with E-state index in [2.05, 4.69) is 32.7 Å². The number of ether oxygens (including phenoxy) is 2. The molecule has 7 heteroatoms.